The Balaban J connectivity index is 1.62. The Morgan fingerprint density at radius 3 is 2.64 bits per heavy atom. The lowest BCUT2D eigenvalue weighted by molar-refractivity contribution is 0.404. The highest BCUT2D eigenvalue weighted by Gasteiger charge is 2.20. The second kappa shape index (κ2) is 7.44. The fraction of sp³-hybridized carbons (Fsp3) is 0.250. The lowest BCUT2D eigenvalue weighted by Gasteiger charge is -2.09. The average molecular weight is 417 g/mol. The van der Waals surface area contributed by atoms with Crippen molar-refractivity contribution in [1.82, 2.24) is 4.98 Å². The molecule has 2 aromatic carbocycles. The van der Waals surface area contributed by atoms with Crippen molar-refractivity contribution in [2.45, 2.75) is 24.2 Å². The molecule has 1 aromatic heterocycles. The van der Waals surface area contributed by atoms with Gasteiger partial charge in [0.1, 0.15) is 11.5 Å². The summed E-state index contributed by atoms with van der Waals surface area (Å²) in [6.45, 7) is 0. The average Bonchev–Trinajstić information content (AvgIpc) is 3.35. The van der Waals surface area contributed by atoms with Gasteiger partial charge in [0.05, 0.1) is 24.8 Å². The van der Waals surface area contributed by atoms with Gasteiger partial charge in [0.25, 0.3) is 10.0 Å². The van der Waals surface area contributed by atoms with Crippen LogP contribution in [-0.4, -0.2) is 27.6 Å². The van der Waals surface area contributed by atoms with E-state index in [9.17, 15) is 8.42 Å². The van der Waals surface area contributed by atoms with Crippen LogP contribution in [0.4, 0.5) is 5.13 Å². The van der Waals surface area contributed by atoms with E-state index in [0.29, 0.717) is 22.3 Å². The number of rotatable bonds is 6. The number of nitrogens with zero attached hydrogens (tertiary/aromatic N) is 1. The molecule has 3 aromatic rings. The van der Waals surface area contributed by atoms with Gasteiger partial charge in [-0.3, -0.25) is 4.72 Å². The highest BCUT2D eigenvalue weighted by atomic mass is 32.2. The summed E-state index contributed by atoms with van der Waals surface area (Å²) in [6, 6.07) is 10.7. The summed E-state index contributed by atoms with van der Waals surface area (Å²) >= 11 is 1.23. The van der Waals surface area contributed by atoms with Crippen LogP contribution in [-0.2, 0) is 22.9 Å². The third-order valence-corrected chi connectivity index (χ3v) is 7.01. The first-order valence-corrected chi connectivity index (χ1v) is 11.2. The van der Waals surface area contributed by atoms with E-state index in [-0.39, 0.29) is 4.90 Å². The number of sulfonamides is 1. The van der Waals surface area contributed by atoms with Crippen molar-refractivity contribution in [2.24, 2.45) is 0 Å². The third kappa shape index (κ3) is 3.57. The lowest BCUT2D eigenvalue weighted by Crippen LogP contribution is -2.13. The van der Waals surface area contributed by atoms with Crippen LogP contribution in [0.15, 0.2) is 46.7 Å². The van der Waals surface area contributed by atoms with Crippen molar-refractivity contribution in [3.63, 3.8) is 0 Å². The monoisotopic (exact) mass is 416 g/mol. The number of benzene rings is 2. The third-order valence-electron chi connectivity index (χ3n) is 4.79. The van der Waals surface area contributed by atoms with E-state index in [2.05, 4.69) is 9.71 Å². The summed E-state index contributed by atoms with van der Waals surface area (Å²) < 4.78 is 38.8. The number of fused-ring (bicyclic) bond motifs is 1. The number of aromatic nitrogens is 1. The molecule has 0 saturated heterocycles. The summed E-state index contributed by atoms with van der Waals surface area (Å²) in [5.74, 6) is 1.31. The maximum atomic E-state index is 12.8. The molecule has 0 bridgehead atoms. The van der Waals surface area contributed by atoms with E-state index in [4.69, 9.17) is 9.47 Å². The van der Waals surface area contributed by atoms with Crippen LogP contribution in [0.2, 0.25) is 0 Å². The Bertz CT molecular complexity index is 1120. The Hall–Kier alpha value is -2.58. The molecule has 0 aliphatic heterocycles. The topological polar surface area (TPSA) is 77.5 Å². The SMILES string of the molecule is COc1ccc(OC)c(-c2csc(NS(=O)(=O)c3ccc4c(c3)CCC4)n2)c1. The summed E-state index contributed by atoms with van der Waals surface area (Å²) in [5.41, 5.74) is 3.71. The minimum absolute atomic E-state index is 0.267. The molecule has 4 rings (SSSR count). The van der Waals surface area contributed by atoms with Crippen LogP contribution in [0.25, 0.3) is 11.3 Å². The highest BCUT2D eigenvalue weighted by Crippen LogP contribution is 2.35. The van der Waals surface area contributed by atoms with Crippen molar-refractivity contribution in [2.75, 3.05) is 18.9 Å². The van der Waals surface area contributed by atoms with Gasteiger partial charge in [0.15, 0.2) is 5.13 Å². The second-order valence-electron chi connectivity index (χ2n) is 6.49. The van der Waals surface area contributed by atoms with Gasteiger partial charge < -0.3 is 9.47 Å². The zero-order valence-electron chi connectivity index (χ0n) is 15.6. The van der Waals surface area contributed by atoms with Crippen LogP contribution in [0, 0.1) is 0 Å². The molecule has 0 spiro atoms. The molecule has 28 heavy (non-hydrogen) atoms. The van der Waals surface area contributed by atoms with Crippen LogP contribution < -0.4 is 14.2 Å². The predicted octanol–water partition coefficient (Wildman–Crippen LogP) is 4.12. The predicted molar refractivity (Wildman–Crippen MR) is 110 cm³/mol. The first kappa shape index (κ1) is 18.8. The first-order valence-electron chi connectivity index (χ1n) is 8.83. The molecular weight excluding hydrogens is 396 g/mol. The van der Waals surface area contributed by atoms with E-state index in [1.165, 1.54) is 16.9 Å². The Morgan fingerprint density at radius 2 is 1.86 bits per heavy atom. The number of methoxy groups -OCH3 is 2. The quantitative estimate of drug-likeness (QED) is 0.654. The minimum Gasteiger partial charge on any atom is -0.497 e. The summed E-state index contributed by atoms with van der Waals surface area (Å²) in [6.07, 6.45) is 3.02. The van der Waals surface area contributed by atoms with E-state index in [1.54, 1.807) is 43.9 Å². The second-order valence-corrected chi connectivity index (χ2v) is 9.03. The summed E-state index contributed by atoms with van der Waals surface area (Å²) in [7, 11) is -0.526. The molecule has 1 aliphatic rings. The van der Waals surface area contributed by atoms with Crippen LogP contribution >= 0.6 is 11.3 Å². The molecule has 1 heterocycles. The van der Waals surface area contributed by atoms with Crippen molar-refractivity contribution in [3.05, 3.63) is 52.9 Å². The number of hydrogen-bond donors (Lipinski definition) is 1. The standard InChI is InChI=1S/C20H20N2O4S2/c1-25-15-7-9-19(26-2)17(11-15)18-12-27-20(21-18)22-28(23,24)16-8-6-13-4-3-5-14(13)10-16/h6-12H,3-5H2,1-2H3,(H,21,22). The molecule has 8 heteroatoms. The molecule has 0 saturated carbocycles. The fourth-order valence-electron chi connectivity index (χ4n) is 3.35. The summed E-state index contributed by atoms with van der Waals surface area (Å²) in [5, 5.41) is 2.10. The van der Waals surface area contributed by atoms with Gasteiger partial charge >= 0.3 is 0 Å². The molecule has 1 N–H and O–H groups in total. The smallest absolute Gasteiger partial charge is 0.263 e. The molecule has 0 radical (unpaired) electrons. The lowest BCUT2D eigenvalue weighted by atomic mass is 10.1. The Labute approximate surface area is 168 Å². The molecular formula is C20H20N2O4S2. The molecule has 0 fully saturated rings. The van der Waals surface area contributed by atoms with Crippen molar-refractivity contribution in [1.29, 1.82) is 0 Å². The maximum Gasteiger partial charge on any atom is 0.263 e. The fourth-order valence-corrected chi connectivity index (χ4v) is 5.36. The van der Waals surface area contributed by atoms with Gasteiger partial charge in [-0.2, -0.15) is 0 Å². The molecule has 6 nitrogen and oxygen atoms in total. The van der Waals surface area contributed by atoms with Gasteiger partial charge in [-0.05, 0) is 60.7 Å². The number of anilines is 1. The normalized spacial score (nSPS) is 13.2. The number of ether oxygens (including phenoxy) is 2. The zero-order valence-corrected chi connectivity index (χ0v) is 17.2. The van der Waals surface area contributed by atoms with Crippen molar-refractivity contribution >= 4 is 26.5 Å². The van der Waals surface area contributed by atoms with E-state index >= 15 is 0 Å². The largest absolute Gasteiger partial charge is 0.497 e. The van der Waals surface area contributed by atoms with Gasteiger partial charge in [-0.1, -0.05) is 6.07 Å². The van der Waals surface area contributed by atoms with E-state index in [0.717, 1.165) is 30.4 Å². The van der Waals surface area contributed by atoms with Gasteiger partial charge in [-0.15, -0.1) is 11.3 Å². The Morgan fingerprint density at radius 1 is 1.04 bits per heavy atom. The van der Waals surface area contributed by atoms with E-state index < -0.39 is 10.0 Å². The molecule has 1 aliphatic carbocycles. The van der Waals surface area contributed by atoms with Gasteiger partial charge in [-0.25, -0.2) is 13.4 Å². The van der Waals surface area contributed by atoms with Crippen molar-refractivity contribution < 1.29 is 17.9 Å². The highest BCUT2D eigenvalue weighted by molar-refractivity contribution is 7.93. The summed E-state index contributed by atoms with van der Waals surface area (Å²) in [4.78, 5) is 4.71. The number of nitrogens with one attached hydrogen (secondary N) is 1. The first-order chi connectivity index (χ1) is 13.5. The van der Waals surface area contributed by atoms with Gasteiger partial charge in [0.2, 0.25) is 0 Å². The number of hydrogen-bond acceptors (Lipinski definition) is 6. The molecule has 146 valence electrons. The van der Waals surface area contributed by atoms with Crippen LogP contribution in [0.1, 0.15) is 17.5 Å². The van der Waals surface area contributed by atoms with Crippen molar-refractivity contribution in [3.8, 4) is 22.8 Å². The van der Waals surface area contributed by atoms with Crippen LogP contribution in [0.3, 0.4) is 0 Å². The maximum absolute atomic E-state index is 12.8. The number of aryl methyl sites for hydroxylation is 2. The van der Waals surface area contributed by atoms with Gasteiger partial charge in [0, 0.05) is 10.9 Å². The molecule has 0 atom stereocenters. The van der Waals surface area contributed by atoms with E-state index in [1.807, 2.05) is 12.1 Å². The zero-order chi connectivity index (χ0) is 19.7. The number of thiazole rings is 1. The van der Waals surface area contributed by atoms with Crippen LogP contribution in [0.5, 0.6) is 11.5 Å². The Kier molecular flexibility index (Phi) is 4.99. The minimum atomic E-state index is -3.69. The molecule has 0 unspecified atom stereocenters. The molecule has 0 amide bonds.